The first-order valence-electron chi connectivity index (χ1n) is 7.60. The highest BCUT2D eigenvalue weighted by molar-refractivity contribution is 5.85. The number of hydrogen-bond donors (Lipinski definition) is 2. The highest BCUT2D eigenvalue weighted by Crippen LogP contribution is 2.25. The number of likely N-dealkylation sites (tertiary alicyclic amines) is 1. The van der Waals surface area contributed by atoms with Gasteiger partial charge in [0, 0.05) is 11.5 Å². The molecule has 2 atom stereocenters. The number of oxime groups is 1. The third-order valence-corrected chi connectivity index (χ3v) is 4.80. The Morgan fingerprint density at radius 2 is 2.05 bits per heavy atom. The van der Waals surface area contributed by atoms with Crippen molar-refractivity contribution in [2.75, 3.05) is 13.1 Å². The molecule has 0 spiro atoms. The normalized spacial score (nSPS) is 26.6. The van der Waals surface area contributed by atoms with E-state index in [1.54, 1.807) is 0 Å². The number of nitrogens with zero attached hydrogens (tertiary/aromatic N) is 2. The van der Waals surface area contributed by atoms with E-state index in [2.05, 4.69) is 23.9 Å². The maximum absolute atomic E-state index is 8.75. The molecule has 112 valence electrons. The van der Waals surface area contributed by atoms with Gasteiger partial charge in [-0.2, -0.15) is 0 Å². The Morgan fingerprint density at radius 3 is 2.68 bits per heavy atom. The standard InChI is InChI=1S/C15H31N3O/c1-12-8-7-11-18(13(12)2)10-6-5-9-15(3,4)14(16)17-19/h12-13,19H,5-11H2,1-4H3,(H2,16,17). The van der Waals surface area contributed by atoms with E-state index in [1.165, 1.54) is 32.4 Å². The van der Waals surface area contributed by atoms with Crippen molar-refractivity contribution in [3.05, 3.63) is 0 Å². The Labute approximate surface area is 118 Å². The molecule has 1 heterocycles. The molecule has 19 heavy (non-hydrogen) atoms. The van der Waals surface area contributed by atoms with Crippen LogP contribution in [0.4, 0.5) is 0 Å². The highest BCUT2D eigenvalue weighted by atomic mass is 16.4. The first kappa shape index (κ1) is 16.3. The molecule has 0 aromatic heterocycles. The van der Waals surface area contributed by atoms with Gasteiger partial charge in [0.05, 0.1) is 0 Å². The van der Waals surface area contributed by atoms with Crippen molar-refractivity contribution < 1.29 is 5.21 Å². The lowest BCUT2D eigenvalue weighted by atomic mass is 9.86. The Hall–Kier alpha value is -0.770. The Morgan fingerprint density at radius 1 is 1.37 bits per heavy atom. The van der Waals surface area contributed by atoms with Crippen LogP contribution in [0, 0.1) is 11.3 Å². The number of rotatable bonds is 6. The summed E-state index contributed by atoms with van der Waals surface area (Å²) in [6, 6.07) is 0.714. The lowest BCUT2D eigenvalue weighted by molar-refractivity contribution is 0.111. The van der Waals surface area contributed by atoms with Crippen molar-refractivity contribution in [2.45, 2.75) is 65.8 Å². The van der Waals surface area contributed by atoms with Crippen LogP contribution in [0.1, 0.15) is 59.8 Å². The molecule has 0 bridgehead atoms. The minimum absolute atomic E-state index is 0.199. The summed E-state index contributed by atoms with van der Waals surface area (Å²) in [7, 11) is 0. The molecule has 0 radical (unpaired) electrons. The van der Waals surface area contributed by atoms with Gasteiger partial charge < -0.3 is 15.8 Å². The van der Waals surface area contributed by atoms with Crippen LogP contribution in [0.25, 0.3) is 0 Å². The first-order valence-corrected chi connectivity index (χ1v) is 7.60. The van der Waals surface area contributed by atoms with E-state index < -0.39 is 0 Å². The molecule has 4 heteroatoms. The summed E-state index contributed by atoms with van der Waals surface area (Å²) < 4.78 is 0. The smallest absolute Gasteiger partial charge is 0.144 e. The molecule has 1 saturated heterocycles. The number of amidine groups is 1. The van der Waals surface area contributed by atoms with E-state index in [1.807, 2.05) is 13.8 Å². The Kier molecular flexibility index (Phi) is 6.11. The van der Waals surface area contributed by atoms with Crippen LogP contribution in [0.2, 0.25) is 0 Å². The van der Waals surface area contributed by atoms with E-state index in [0.29, 0.717) is 11.9 Å². The van der Waals surface area contributed by atoms with Crippen LogP contribution in [0.15, 0.2) is 5.16 Å². The number of nitrogens with two attached hydrogens (primary N) is 1. The van der Waals surface area contributed by atoms with Crippen molar-refractivity contribution in [1.29, 1.82) is 0 Å². The van der Waals surface area contributed by atoms with Crippen LogP contribution < -0.4 is 5.73 Å². The number of unbranched alkanes of at least 4 members (excludes halogenated alkanes) is 1. The average molecular weight is 269 g/mol. The lowest BCUT2D eigenvalue weighted by Crippen LogP contribution is -2.42. The Balaban J connectivity index is 2.27. The SMILES string of the molecule is CC1CCCN(CCCCC(C)(C)C(N)=NO)C1C. The van der Waals surface area contributed by atoms with Gasteiger partial charge in [-0.15, -0.1) is 0 Å². The van der Waals surface area contributed by atoms with E-state index in [9.17, 15) is 0 Å². The zero-order chi connectivity index (χ0) is 14.5. The quantitative estimate of drug-likeness (QED) is 0.256. The van der Waals surface area contributed by atoms with Gasteiger partial charge in [-0.1, -0.05) is 32.3 Å². The summed E-state index contributed by atoms with van der Waals surface area (Å²) in [6.07, 6.45) is 6.00. The molecule has 0 amide bonds. The predicted molar refractivity (Wildman–Crippen MR) is 80.5 cm³/mol. The monoisotopic (exact) mass is 269 g/mol. The second kappa shape index (κ2) is 7.13. The fourth-order valence-corrected chi connectivity index (χ4v) is 2.88. The maximum atomic E-state index is 8.75. The molecule has 1 rings (SSSR count). The molecule has 0 aliphatic carbocycles. The highest BCUT2D eigenvalue weighted by Gasteiger charge is 2.25. The van der Waals surface area contributed by atoms with Gasteiger partial charge in [-0.25, -0.2) is 0 Å². The van der Waals surface area contributed by atoms with Crippen molar-refractivity contribution in [2.24, 2.45) is 22.2 Å². The third-order valence-electron chi connectivity index (χ3n) is 4.80. The van der Waals surface area contributed by atoms with Crippen molar-refractivity contribution in [3.63, 3.8) is 0 Å². The first-order chi connectivity index (χ1) is 8.88. The second-order valence-electron chi connectivity index (χ2n) is 6.72. The minimum atomic E-state index is -0.199. The lowest BCUT2D eigenvalue weighted by Gasteiger charge is -2.38. The molecular formula is C15H31N3O. The molecule has 0 saturated carbocycles. The topological polar surface area (TPSA) is 61.8 Å². The van der Waals surface area contributed by atoms with Crippen molar-refractivity contribution >= 4 is 5.84 Å². The van der Waals surface area contributed by atoms with E-state index in [4.69, 9.17) is 10.9 Å². The van der Waals surface area contributed by atoms with Crippen LogP contribution in [-0.4, -0.2) is 35.1 Å². The predicted octanol–water partition coefficient (Wildman–Crippen LogP) is 3.05. The molecule has 0 aromatic carbocycles. The van der Waals surface area contributed by atoms with Crippen molar-refractivity contribution in [3.8, 4) is 0 Å². The Bertz CT molecular complexity index is 302. The van der Waals surface area contributed by atoms with Gasteiger partial charge >= 0.3 is 0 Å². The summed E-state index contributed by atoms with van der Waals surface area (Å²) in [4.78, 5) is 2.62. The van der Waals surface area contributed by atoms with E-state index >= 15 is 0 Å². The fraction of sp³-hybridized carbons (Fsp3) is 0.933. The zero-order valence-corrected chi connectivity index (χ0v) is 13.0. The van der Waals surface area contributed by atoms with Gasteiger partial charge in [-0.3, -0.25) is 0 Å². The van der Waals surface area contributed by atoms with Gasteiger partial charge in [0.15, 0.2) is 0 Å². The average Bonchev–Trinajstić information content (AvgIpc) is 2.38. The van der Waals surface area contributed by atoms with Gasteiger partial charge in [0.25, 0.3) is 0 Å². The van der Waals surface area contributed by atoms with Crippen LogP contribution >= 0.6 is 0 Å². The van der Waals surface area contributed by atoms with Crippen molar-refractivity contribution in [1.82, 2.24) is 4.90 Å². The summed E-state index contributed by atoms with van der Waals surface area (Å²) in [5.41, 5.74) is 5.51. The van der Waals surface area contributed by atoms with E-state index in [-0.39, 0.29) is 5.41 Å². The largest absolute Gasteiger partial charge is 0.409 e. The fourth-order valence-electron chi connectivity index (χ4n) is 2.88. The molecular weight excluding hydrogens is 238 g/mol. The van der Waals surface area contributed by atoms with Crippen LogP contribution in [0.5, 0.6) is 0 Å². The molecule has 4 nitrogen and oxygen atoms in total. The zero-order valence-electron chi connectivity index (χ0n) is 13.0. The summed E-state index contributed by atoms with van der Waals surface area (Å²) in [5, 5.41) is 11.9. The molecule has 3 N–H and O–H groups in total. The summed E-state index contributed by atoms with van der Waals surface area (Å²) in [5.74, 6) is 1.16. The third kappa shape index (κ3) is 4.68. The minimum Gasteiger partial charge on any atom is -0.409 e. The number of hydrogen-bond acceptors (Lipinski definition) is 3. The van der Waals surface area contributed by atoms with Crippen LogP contribution in [0.3, 0.4) is 0 Å². The van der Waals surface area contributed by atoms with Crippen LogP contribution in [-0.2, 0) is 0 Å². The van der Waals surface area contributed by atoms with Gasteiger partial charge in [0.2, 0.25) is 0 Å². The van der Waals surface area contributed by atoms with E-state index in [0.717, 1.165) is 18.8 Å². The summed E-state index contributed by atoms with van der Waals surface area (Å²) >= 11 is 0. The van der Waals surface area contributed by atoms with Gasteiger partial charge in [0.1, 0.15) is 5.84 Å². The molecule has 1 fully saturated rings. The van der Waals surface area contributed by atoms with Gasteiger partial charge in [-0.05, 0) is 51.6 Å². The summed E-state index contributed by atoms with van der Waals surface area (Å²) in [6.45, 7) is 11.2. The second-order valence-corrected chi connectivity index (χ2v) is 6.72. The molecule has 1 aliphatic heterocycles. The molecule has 0 aromatic rings. The number of piperidine rings is 1. The molecule has 1 aliphatic rings. The maximum Gasteiger partial charge on any atom is 0.144 e. The molecule has 2 unspecified atom stereocenters.